The smallest absolute Gasteiger partial charge is 0.417 e. The van der Waals surface area contributed by atoms with Gasteiger partial charge in [0.1, 0.15) is 0 Å². The van der Waals surface area contributed by atoms with Crippen LogP contribution in [-0.2, 0) is 11.0 Å². The number of anilines is 1. The lowest BCUT2D eigenvalue weighted by Gasteiger charge is -2.15. The van der Waals surface area contributed by atoms with Gasteiger partial charge in [0.15, 0.2) is 0 Å². The van der Waals surface area contributed by atoms with E-state index in [9.17, 15) is 18.0 Å². The van der Waals surface area contributed by atoms with Crippen molar-refractivity contribution in [2.24, 2.45) is 0 Å². The summed E-state index contributed by atoms with van der Waals surface area (Å²) in [6.45, 7) is 1.54. The number of hydrogen-bond donors (Lipinski definition) is 2. The van der Waals surface area contributed by atoms with Crippen molar-refractivity contribution in [3.8, 4) is 6.07 Å². The number of nitrogens with zero attached hydrogens (tertiary/aromatic N) is 1. The summed E-state index contributed by atoms with van der Waals surface area (Å²) in [6.07, 6.45) is -4.85. The van der Waals surface area contributed by atoms with E-state index in [0.717, 1.165) is 12.1 Å². The van der Waals surface area contributed by atoms with Gasteiger partial charge in [0, 0.05) is 11.7 Å². The second kappa shape index (κ2) is 5.61. The summed E-state index contributed by atoms with van der Waals surface area (Å²) in [6, 6.07) is 4.12. The van der Waals surface area contributed by atoms with Crippen LogP contribution in [0, 0.1) is 11.3 Å². The van der Waals surface area contributed by atoms with E-state index in [-0.39, 0.29) is 12.1 Å². The third-order valence-electron chi connectivity index (χ3n) is 2.34. The molecule has 0 spiro atoms. The second-order valence-electron chi connectivity index (χ2n) is 4.01. The lowest BCUT2D eigenvalue weighted by atomic mass is 10.1. The molecular weight excluding hydrogens is 261 g/mol. The second-order valence-corrected chi connectivity index (χ2v) is 4.01. The van der Waals surface area contributed by atoms with E-state index in [1.165, 1.54) is 12.1 Å². The summed E-state index contributed by atoms with van der Waals surface area (Å²) in [5, 5.41) is 19.8. The van der Waals surface area contributed by atoms with Crippen molar-refractivity contribution in [3.05, 3.63) is 29.3 Å². The van der Waals surface area contributed by atoms with Crippen LogP contribution in [0.15, 0.2) is 18.2 Å². The Labute approximate surface area is 107 Å². The summed E-state index contributed by atoms with van der Waals surface area (Å²) in [4.78, 5) is 10.5. The first-order valence-electron chi connectivity index (χ1n) is 5.33. The molecular formula is C12H11F3N2O2. The van der Waals surface area contributed by atoms with Crippen molar-refractivity contribution < 1.29 is 23.1 Å². The molecule has 1 aromatic carbocycles. The van der Waals surface area contributed by atoms with Gasteiger partial charge in [-0.15, -0.1) is 0 Å². The number of hydrogen-bond acceptors (Lipinski definition) is 3. The average molecular weight is 272 g/mol. The fraction of sp³-hybridized carbons (Fsp3) is 0.333. The van der Waals surface area contributed by atoms with Crippen molar-refractivity contribution in [1.29, 1.82) is 5.26 Å². The number of alkyl halides is 3. The van der Waals surface area contributed by atoms with Crippen molar-refractivity contribution in [1.82, 2.24) is 0 Å². The zero-order chi connectivity index (χ0) is 14.6. The van der Waals surface area contributed by atoms with Crippen LogP contribution in [-0.4, -0.2) is 17.1 Å². The SMILES string of the molecule is CC(CC(=O)O)Nc1ccc(C#N)c(C(F)(F)F)c1. The molecule has 0 fully saturated rings. The van der Waals surface area contributed by atoms with Crippen LogP contribution >= 0.6 is 0 Å². The van der Waals surface area contributed by atoms with E-state index in [2.05, 4.69) is 5.32 Å². The molecule has 1 aromatic rings. The Morgan fingerprint density at radius 3 is 2.63 bits per heavy atom. The first-order valence-corrected chi connectivity index (χ1v) is 5.33. The maximum Gasteiger partial charge on any atom is 0.417 e. The summed E-state index contributed by atoms with van der Waals surface area (Å²) in [5.74, 6) is -1.05. The minimum Gasteiger partial charge on any atom is -0.481 e. The van der Waals surface area contributed by atoms with E-state index >= 15 is 0 Å². The van der Waals surface area contributed by atoms with E-state index in [1.807, 2.05) is 0 Å². The molecule has 2 N–H and O–H groups in total. The monoisotopic (exact) mass is 272 g/mol. The number of halogens is 3. The van der Waals surface area contributed by atoms with Gasteiger partial charge in [-0.05, 0) is 25.1 Å². The average Bonchev–Trinajstić information content (AvgIpc) is 2.26. The molecule has 19 heavy (non-hydrogen) atoms. The molecule has 0 aliphatic rings. The van der Waals surface area contributed by atoms with Crippen LogP contribution in [0.5, 0.6) is 0 Å². The van der Waals surface area contributed by atoms with Gasteiger partial charge >= 0.3 is 12.1 Å². The fourth-order valence-corrected chi connectivity index (χ4v) is 1.56. The first kappa shape index (κ1) is 14.8. The number of carboxylic acids is 1. The molecule has 102 valence electrons. The highest BCUT2D eigenvalue weighted by Crippen LogP contribution is 2.33. The summed E-state index contributed by atoms with van der Waals surface area (Å²) >= 11 is 0. The van der Waals surface area contributed by atoms with Crippen LogP contribution in [0.3, 0.4) is 0 Å². The van der Waals surface area contributed by atoms with Crippen molar-refractivity contribution in [2.45, 2.75) is 25.6 Å². The maximum absolute atomic E-state index is 12.7. The number of benzene rings is 1. The van der Waals surface area contributed by atoms with Gasteiger partial charge in [-0.3, -0.25) is 4.79 Å². The number of carboxylic acid groups (broad SMARTS) is 1. The van der Waals surface area contributed by atoms with Gasteiger partial charge in [0.05, 0.1) is 23.6 Å². The quantitative estimate of drug-likeness (QED) is 0.883. The van der Waals surface area contributed by atoms with Crippen LogP contribution < -0.4 is 5.32 Å². The largest absolute Gasteiger partial charge is 0.481 e. The Bertz CT molecular complexity index is 521. The maximum atomic E-state index is 12.7. The fourth-order valence-electron chi connectivity index (χ4n) is 1.56. The molecule has 0 aromatic heterocycles. The molecule has 1 atom stereocenters. The summed E-state index contributed by atoms with van der Waals surface area (Å²) in [7, 11) is 0. The van der Waals surface area contributed by atoms with Crippen LogP contribution in [0.25, 0.3) is 0 Å². The lowest BCUT2D eigenvalue weighted by molar-refractivity contribution is -0.138. The molecule has 0 bridgehead atoms. The van der Waals surface area contributed by atoms with E-state index in [1.54, 1.807) is 6.92 Å². The van der Waals surface area contributed by atoms with Gasteiger partial charge in [0.25, 0.3) is 0 Å². The molecule has 0 aliphatic carbocycles. The Morgan fingerprint density at radius 2 is 2.16 bits per heavy atom. The van der Waals surface area contributed by atoms with Gasteiger partial charge in [-0.2, -0.15) is 18.4 Å². The number of aliphatic carboxylic acids is 1. The molecule has 0 radical (unpaired) electrons. The molecule has 0 heterocycles. The summed E-state index contributed by atoms with van der Waals surface area (Å²) < 4.78 is 38.1. The van der Waals surface area contributed by atoms with Gasteiger partial charge in [-0.1, -0.05) is 0 Å². The van der Waals surface area contributed by atoms with Crippen molar-refractivity contribution in [3.63, 3.8) is 0 Å². The molecule has 4 nitrogen and oxygen atoms in total. The zero-order valence-electron chi connectivity index (χ0n) is 9.95. The summed E-state index contributed by atoms with van der Waals surface area (Å²) in [5.41, 5.74) is -1.38. The minimum absolute atomic E-state index is 0.125. The molecule has 0 aliphatic heterocycles. The van der Waals surface area contributed by atoms with Crippen molar-refractivity contribution in [2.75, 3.05) is 5.32 Å². The highest BCUT2D eigenvalue weighted by Gasteiger charge is 2.33. The number of carbonyl (C=O) groups is 1. The number of rotatable bonds is 4. The first-order chi connectivity index (χ1) is 8.74. The number of nitrogens with one attached hydrogen (secondary N) is 1. The van der Waals surface area contributed by atoms with E-state index in [0.29, 0.717) is 0 Å². The Morgan fingerprint density at radius 1 is 1.53 bits per heavy atom. The highest BCUT2D eigenvalue weighted by molar-refractivity contribution is 5.68. The van der Waals surface area contributed by atoms with Crippen LogP contribution in [0.4, 0.5) is 18.9 Å². The van der Waals surface area contributed by atoms with E-state index < -0.39 is 29.3 Å². The molecule has 0 saturated carbocycles. The third-order valence-corrected chi connectivity index (χ3v) is 2.34. The van der Waals surface area contributed by atoms with Gasteiger partial charge < -0.3 is 10.4 Å². The van der Waals surface area contributed by atoms with E-state index in [4.69, 9.17) is 10.4 Å². The van der Waals surface area contributed by atoms with Crippen LogP contribution in [0.1, 0.15) is 24.5 Å². The molecule has 7 heteroatoms. The molecule has 1 unspecified atom stereocenters. The normalized spacial score (nSPS) is 12.6. The number of nitriles is 1. The standard InChI is InChI=1S/C12H11F3N2O2/c1-7(4-11(18)19)17-9-3-2-8(6-16)10(5-9)12(13,14)15/h2-3,5,7,17H,4H2,1H3,(H,18,19). The highest BCUT2D eigenvalue weighted by atomic mass is 19.4. The predicted molar refractivity (Wildman–Crippen MR) is 61.5 cm³/mol. The van der Waals surface area contributed by atoms with Gasteiger partial charge in [-0.25, -0.2) is 0 Å². The Hall–Kier alpha value is -2.23. The van der Waals surface area contributed by atoms with Gasteiger partial charge in [0.2, 0.25) is 0 Å². The molecule has 0 amide bonds. The molecule has 1 rings (SSSR count). The minimum atomic E-state index is -4.63. The third kappa shape index (κ3) is 4.17. The van der Waals surface area contributed by atoms with Crippen molar-refractivity contribution >= 4 is 11.7 Å². The zero-order valence-corrected chi connectivity index (χ0v) is 9.95. The molecule has 0 saturated heterocycles. The predicted octanol–water partition coefficient (Wildman–Crippen LogP) is 2.85. The Balaban J connectivity index is 3.00. The Kier molecular flexibility index (Phi) is 4.38. The van der Waals surface area contributed by atoms with Crippen LogP contribution in [0.2, 0.25) is 0 Å². The topological polar surface area (TPSA) is 73.1 Å². The lowest BCUT2D eigenvalue weighted by Crippen LogP contribution is -2.19.